The fraction of sp³-hybridized carbons (Fsp3) is 0.422. The van der Waals surface area contributed by atoms with E-state index in [4.69, 9.17) is 37.9 Å². The molecule has 2 aliphatic heterocycles. The molecular weight excluding hydrogens is 729 g/mol. The van der Waals surface area contributed by atoms with Crippen molar-refractivity contribution in [2.75, 3.05) is 19.7 Å². The lowest BCUT2D eigenvalue weighted by Gasteiger charge is -2.47. The summed E-state index contributed by atoms with van der Waals surface area (Å²) in [5, 5.41) is 4.45. The third kappa shape index (κ3) is 8.13. The zero-order valence-electron chi connectivity index (χ0n) is 33.0. The van der Waals surface area contributed by atoms with Crippen LogP contribution < -0.4 is 10.1 Å². The van der Waals surface area contributed by atoms with Crippen molar-refractivity contribution >= 4 is 41.0 Å². The van der Waals surface area contributed by atoms with Crippen LogP contribution in [0.3, 0.4) is 0 Å². The highest BCUT2D eigenvalue weighted by Crippen LogP contribution is 2.54. The number of halogens is 2. The number of nitrogens with zero attached hydrogens (tertiary/aromatic N) is 4. The zero-order valence-corrected chi connectivity index (χ0v) is 34.5. The van der Waals surface area contributed by atoms with Crippen LogP contribution in [0.4, 0.5) is 4.79 Å². The van der Waals surface area contributed by atoms with Crippen molar-refractivity contribution in [2.45, 2.75) is 96.7 Å². The Balaban J connectivity index is 1.37. The van der Waals surface area contributed by atoms with E-state index in [9.17, 15) is 4.79 Å². The minimum absolute atomic E-state index is 0.0303. The molecule has 1 saturated heterocycles. The number of amidine groups is 1. The van der Waals surface area contributed by atoms with Gasteiger partial charge in [-0.25, -0.2) is 4.79 Å². The average Bonchev–Trinajstić information content (AvgIpc) is 3.41. The van der Waals surface area contributed by atoms with Crippen LogP contribution >= 0.6 is 23.2 Å². The van der Waals surface area contributed by atoms with Crippen LogP contribution in [0.5, 0.6) is 5.75 Å². The molecule has 8 nitrogen and oxygen atoms in total. The molecule has 0 radical (unpaired) electrons. The van der Waals surface area contributed by atoms with Gasteiger partial charge in [0.05, 0.1) is 18.2 Å². The summed E-state index contributed by atoms with van der Waals surface area (Å²) in [4.78, 5) is 42.8. The number of aromatic nitrogens is 1. The third-order valence-electron chi connectivity index (χ3n) is 11.4. The highest BCUT2D eigenvalue weighted by molar-refractivity contribution is 6.30. The number of urea groups is 1. The second kappa shape index (κ2) is 16.4. The van der Waals surface area contributed by atoms with E-state index >= 15 is 4.79 Å². The Labute approximate surface area is 336 Å². The zero-order chi connectivity index (χ0) is 39.5. The predicted molar refractivity (Wildman–Crippen MR) is 222 cm³/mol. The molecule has 4 aromatic rings. The number of rotatable bonds is 10. The van der Waals surface area contributed by atoms with Crippen LogP contribution in [0.25, 0.3) is 0 Å². The molecule has 3 amide bonds. The Hall–Kier alpha value is -4.40. The number of ether oxygens (including phenoxy) is 1. The number of amides is 3. The molecule has 10 heteroatoms. The summed E-state index contributed by atoms with van der Waals surface area (Å²) < 4.78 is 6.31. The van der Waals surface area contributed by atoms with E-state index in [0.29, 0.717) is 66.2 Å². The van der Waals surface area contributed by atoms with Crippen molar-refractivity contribution in [1.29, 1.82) is 0 Å². The number of piperidine rings is 1. The molecule has 55 heavy (non-hydrogen) atoms. The van der Waals surface area contributed by atoms with Crippen LogP contribution in [0.15, 0.2) is 96.1 Å². The highest BCUT2D eigenvalue weighted by Gasteiger charge is 2.60. The SMILES string of the molecule is CCOc1cc(C(C)(C)C)ncc1C1=N[C@@](C)(c2ccc(Cl)cc2)[C@@](C)(c2ccc(Cl)cc2)N1C(=O)N1CCC(CC(=O)N[C@H](CC)c2ccccc2)CC1. The maximum atomic E-state index is 15.4. The van der Waals surface area contributed by atoms with Crippen LogP contribution in [0, 0.1) is 5.92 Å². The first kappa shape index (κ1) is 40.3. The molecule has 1 aromatic heterocycles. The number of aliphatic imine (C=N–C) groups is 1. The minimum atomic E-state index is -1.03. The van der Waals surface area contributed by atoms with Gasteiger partial charge >= 0.3 is 6.03 Å². The molecule has 3 aromatic carbocycles. The number of nitrogens with one attached hydrogen (secondary N) is 1. The first-order chi connectivity index (χ1) is 26.2. The number of pyridine rings is 1. The minimum Gasteiger partial charge on any atom is -0.493 e. The molecule has 0 saturated carbocycles. The van der Waals surface area contributed by atoms with Crippen molar-refractivity contribution in [3.8, 4) is 5.75 Å². The second-order valence-corrected chi connectivity index (χ2v) is 16.9. The lowest BCUT2D eigenvalue weighted by atomic mass is 9.71. The van der Waals surface area contributed by atoms with Crippen molar-refractivity contribution in [1.82, 2.24) is 20.1 Å². The summed E-state index contributed by atoms with van der Waals surface area (Å²) in [7, 11) is 0. The van der Waals surface area contributed by atoms with Gasteiger partial charge in [0.25, 0.3) is 0 Å². The largest absolute Gasteiger partial charge is 0.493 e. The van der Waals surface area contributed by atoms with Gasteiger partial charge in [0.15, 0.2) is 0 Å². The molecule has 6 rings (SSSR count). The maximum absolute atomic E-state index is 15.4. The molecule has 290 valence electrons. The normalized spacial score (nSPS) is 20.9. The van der Waals surface area contributed by atoms with Gasteiger partial charge in [0.1, 0.15) is 22.7 Å². The Morgan fingerprint density at radius 3 is 2.07 bits per heavy atom. The molecule has 0 spiro atoms. The van der Waals surface area contributed by atoms with E-state index in [1.54, 1.807) is 6.20 Å². The van der Waals surface area contributed by atoms with E-state index < -0.39 is 11.1 Å². The van der Waals surface area contributed by atoms with Gasteiger partial charge in [-0.1, -0.05) is 105 Å². The molecular formula is C45H53Cl2N5O3. The fourth-order valence-corrected chi connectivity index (χ4v) is 8.20. The summed E-state index contributed by atoms with van der Waals surface area (Å²) >= 11 is 12.9. The summed E-state index contributed by atoms with van der Waals surface area (Å²) in [6, 6.07) is 27.2. The molecule has 0 aliphatic carbocycles. The van der Waals surface area contributed by atoms with Gasteiger partial charge in [-0.3, -0.25) is 19.7 Å². The van der Waals surface area contributed by atoms with Gasteiger partial charge in [-0.05, 0) is 86.9 Å². The lowest BCUT2D eigenvalue weighted by molar-refractivity contribution is -0.123. The van der Waals surface area contributed by atoms with E-state index in [-0.39, 0.29) is 29.3 Å². The van der Waals surface area contributed by atoms with Crippen molar-refractivity contribution in [3.63, 3.8) is 0 Å². The van der Waals surface area contributed by atoms with Crippen LogP contribution in [0.1, 0.15) is 108 Å². The molecule has 3 atom stereocenters. The van der Waals surface area contributed by atoms with E-state index in [0.717, 1.165) is 28.8 Å². The third-order valence-corrected chi connectivity index (χ3v) is 11.9. The number of hydrogen-bond acceptors (Lipinski definition) is 5. The van der Waals surface area contributed by atoms with Crippen molar-refractivity contribution < 1.29 is 14.3 Å². The first-order valence-corrected chi connectivity index (χ1v) is 20.1. The van der Waals surface area contributed by atoms with E-state index in [1.807, 2.05) is 89.5 Å². The van der Waals surface area contributed by atoms with Gasteiger partial charge in [-0.2, -0.15) is 0 Å². The van der Waals surface area contributed by atoms with Gasteiger partial charge < -0.3 is 15.0 Å². The van der Waals surface area contributed by atoms with Gasteiger partial charge in [-0.15, -0.1) is 0 Å². The molecule has 0 unspecified atom stereocenters. The number of carbonyl (C=O) groups is 2. The Morgan fingerprint density at radius 1 is 0.909 bits per heavy atom. The quantitative estimate of drug-likeness (QED) is 0.174. The highest BCUT2D eigenvalue weighted by atomic mass is 35.5. The van der Waals surface area contributed by atoms with Gasteiger partial charge in [0, 0.05) is 52.9 Å². The smallest absolute Gasteiger partial charge is 0.326 e. The summed E-state index contributed by atoms with van der Waals surface area (Å²) in [5.74, 6) is 1.29. The van der Waals surface area contributed by atoms with E-state index in [1.165, 1.54) is 0 Å². The average molecular weight is 783 g/mol. The molecule has 3 heterocycles. The molecule has 1 fully saturated rings. The predicted octanol–water partition coefficient (Wildman–Crippen LogP) is 10.5. The van der Waals surface area contributed by atoms with Crippen LogP contribution in [-0.2, 0) is 21.3 Å². The number of hydrogen-bond donors (Lipinski definition) is 1. The van der Waals surface area contributed by atoms with Crippen LogP contribution in [-0.4, -0.2) is 52.3 Å². The summed E-state index contributed by atoms with van der Waals surface area (Å²) in [5.41, 5.74) is 2.13. The second-order valence-electron chi connectivity index (χ2n) is 16.0. The number of likely N-dealkylation sites (tertiary alicyclic amines) is 1. The van der Waals surface area contributed by atoms with Crippen molar-refractivity contribution in [3.05, 3.63) is 129 Å². The topological polar surface area (TPSA) is 87.1 Å². The fourth-order valence-electron chi connectivity index (χ4n) is 7.95. The molecule has 2 aliphatic rings. The lowest BCUT2D eigenvalue weighted by Crippen LogP contribution is -2.59. The Morgan fingerprint density at radius 2 is 1.51 bits per heavy atom. The monoisotopic (exact) mass is 781 g/mol. The van der Waals surface area contributed by atoms with Crippen LogP contribution in [0.2, 0.25) is 10.0 Å². The summed E-state index contributed by atoms with van der Waals surface area (Å²) in [6.07, 6.45) is 4.44. The first-order valence-electron chi connectivity index (χ1n) is 19.4. The Kier molecular flexibility index (Phi) is 12.0. The van der Waals surface area contributed by atoms with E-state index in [2.05, 4.69) is 59.0 Å². The van der Waals surface area contributed by atoms with Crippen molar-refractivity contribution in [2.24, 2.45) is 10.9 Å². The Bertz CT molecular complexity index is 2010. The maximum Gasteiger partial charge on any atom is 0.326 e. The standard InChI is InChI=1S/C45H53Cl2N5O3/c1-8-37(31-13-11-10-12-14-31)49-40(53)27-30-23-25-51(26-24-30)42(54)52-41(36-29-48-39(43(3,4)5)28-38(36)55-9-2)50-44(6,32-15-19-34(46)20-16-32)45(52,7)33-17-21-35(47)22-18-33/h10-22,28-30,37H,8-9,23-27H2,1-7H3,(H,49,53)/t37-,44+,45-/m1/s1. The number of benzene rings is 3. The number of carbonyl (C=O) groups excluding carboxylic acids is 2. The molecule has 0 bridgehead atoms. The summed E-state index contributed by atoms with van der Waals surface area (Å²) in [6.45, 7) is 15.9. The molecule has 1 N–H and O–H groups in total. The van der Waals surface area contributed by atoms with Gasteiger partial charge in [0.2, 0.25) is 5.91 Å².